The SMILES string of the molecule is COc1ccc(F)c(C(=O)c2ccc(C(=O)C(C)C)cc2)c1OC. The fourth-order valence-electron chi connectivity index (χ4n) is 2.38. The van der Waals surface area contributed by atoms with Gasteiger partial charge < -0.3 is 9.47 Å². The number of rotatable bonds is 6. The molecule has 0 spiro atoms. The van der Waals surface area contributed by atoms with E-state index in [0.29, 0.717) is 5.56 Å². The molecule has 0 aliphatic rings. The second-order valence-electron chi connectivity index (χ2n) is 5.58. The summed E-state index contributed by atoms with van der Waals surface area (Å²) in [5, 5.41) is 0. The van der Waals surface area contributed by atoms with E-state index < -0.39 is 11.6 Å². The first-order valence-electron chi connectivity index (χ1n) is 7.50. The molecule has 2 aromatic carbocycles. The van der Waals surface area contributed by atoms with Crippen LogP contribution >= 0.6 is 0 Å². The highest BCUT2D eigenvalue weighted by Gasteiger charge is 2.23. The Morgan fingerprint density at radius 1 is 0.917 bits per heavy atom. The molecule has 0 N–H and O–H groups in total. The summed E-state index contributed by atoms with van der Waals surface area (Å²) in [6.45, 7) is 3.61. The Bertz CT molecular complexity index is 764. The van der Waals surface area contributed by atoms with E-state index in [4.69, 9.17) is 9.47 Å². The van der Waals surface area contributed by atoms with Crippen molar-refractivity contribution < 1.29 is 23.5 Å². The Morgan fingerprint density at radius 3 is 2.00 bits per heavy atom. The van der Waals surface area contributed by atoms with Crippen LogP contribution in [0.25, 0.3) is 0 Å². The molecule has 0 radical (unpaired) electrons. The van der Waals surface area contributed by atoms with Crippen LogP contribution in [0.2, 0.25) is 0 Å². The number of carbonyl (C=O) groups excluding carboxylic acids is 2. The highest BCUT2D eigenvalue weighted by Crippen LogP contribution is 2.34. The quantitative estimate of drug-likeness (QED) is 0.754. The number of benzene rings is 2. The zero-order chi connectivity index (χ0) is 17.9. The van der Waals surface area contributed by atoms with E-state index in [1.54, 1.807) is 26.0 Å². The molecule has 2 aromatic rings. The molecule has 0 fully saturated rings. The molecule has 0 heterocycles. The average Bonchev–Trinajstić information content (AvgIpc) is 2.60. The molecule has 2 rings (SSSR count). The van der Waals surface area contributed by atoms with Gasteiger partial charge in [0.2, 0.25) is 0 Å². The van der Waals surface area contributed by atoms with Crippen molar-refractivity contribution in [2.45, 2.75) is 13.8 Å². The van der Waals surface area contributed by atoms with Crippen molar-refractivity contribution in [1.82, 2.24) is 0 Å². The van der Waals surface area contributed by atoms with Gasteiger partial charge in [0.05, 0.1) is 14.2 Å². The van der Waals surface area contributed by atoms with Crippen LogP contribution in [0, 0.1) is 11.7 Å². The smallest absolute Gasteiger partial charge is 0.199 e. The number of ether oxygens (including phenoxy) is 2. The van der Waals surface area contributed by atoms with Gasteiger partial charge in [-0.25, -0.2) is 4.39 Å². The van der Waals surface area contributed by atoms with E-state index in [2.05, 4.69) is 0 Å². The predicted octanol–water partition coefficient (Wildman–Crippen LogP) is 3.91. The topological polar surface area (TPSA) is 52.6 Å². The maximum absolute atomic E-state index is 14.2. The zero-order valence-corrected chi connectivity index (χ0v) is 14.1. The summed E-state index contributed by atoms with van der Waals surface area (Å²) in [7, 11) is 2.76. The van der Waals surface area contributed by atoms with Gasteiger partial charge in [-0.3, -0.25) is 9.59 Å². The normalized spacial score (nSPS) is 10.6. The van der Waals surface area contributed by atoms with E-state index in [-0.39, 0.29) is 34.3 Å². The van der Waals surface area contributed by atoms with E-state index >= 15 is 0 Å². The number of carbonyl (C=O) groups is 2. The van der Waals surface area contributed by atoms with Crippen LogP contribution in [0.15, 0.2) is 36.4 Å². The van der Waals surface area contributed by atoms with Crippen LogP contribution in [0.5, 0.6) is 11.5 Å². The van der Waals surface area contributed by atoms with Gasteiger partial charge in [-0.15, -0.1) is 0 Å². The van der Waals surface area contributed by atoms with Gasteiger partial charge in [0.25, 0.3) is 0 Å². The Labute approximate surface area is 140 Å². The molecule has 5 heteroatoms. The number of ketones is 2. The molecular formula is C19H19FO4. The molecule has 4 nitrogen and oxygen atoms in total. The molecule has 126 valence electrons. The van der Waals surface area contributed by atoms with Crippen LogP contribution in [0.4, 0.5) is 4.39 Å². The molecule has 0 saturated carbocycles. The fourth-order valence-corrected chi connectivity index (χ4v) is 2.38. The summed E-state index contributed by atoms with van der Waals surface area (Å²) in [5.74, 6) is -1.06. The summed E-state index contributed by atoms with van der Waals surface area (Å²) < 4.78 is 24.4. The predicted molar refractivity (Wildman–Crippen MR) is 88.5 cm³/mol. The number of hydrogen-bond acceptors (Lipinski definition) is 4. The number of hydrogen-bond donors (Lipinski definition) is 0. The van der Waals surface area contributed by atoms with Crippen LogP contribution in [-0.4, -0.2) is 25.8 Å². The van der Waals surface area contributed by atoms with Crippen molar-refractivity contribution in [3.05, 3.63) is 58.9 Å². The first-order valence-corrected chi connectivity index (χ1v) is 7.50. The largest absolute Gasteiger partial charge is 0.493 e. The Balaban J connectivity index is 2.44. The fraction of sp³-hybridized carbons (Fsp3) is 0.263. The first kappa shape index (κ1) is 17.7. The minimum absolute atomic E-state index is 0.0147. The monoisotopic (exact) mass is 330 g/mol. The van der Waals surface area contributed by atoms with Crippen molar-refractivity contribution >= 4 is 11.6 Å². The lowest BCUT2D eigenvalue weighted by molar-refractivity contribution is 0.0938. The van der Waals surface area contributed by atoms with Crippen molar-refractivity contribution in [3.8, 4) is 11.5 Å². The van der Waals surface area contributed by atoms with Crippen LogP contribution in [0.1, 0.15) is 40.1 Å². The molecule has 24 heavy (non-hydrogen) atoms. The van der Waals surface area contributed by atoms with E-state index in [1.165, 1.54) is 32.4 Å². The standard InChI is InChI=1S/C19H19FO4/c1-11(2)17(21)12-5-7-13(8-6-12)18(22)16-14(20)9-10-15(23-3)19(16)24-4/h5-11H,1-4H3. The van der Waals surface area contributed by atoms with Gasteiger partial charge in [-0.1, -0.05) is 38.1 Å². The Kier molecular flexibility index (Phi) is 5.34. The van der Waals surface area contributed by atoms with Crippen LogP contribution < -0.4 is 9.47 Å². The molecule has 0 amide bonds. The lowest BCUT2D eigenvalue weighted by Crippen LogP contribution is -2.10. The summed E-state index contributed by atoms with van der Waals surface area (Å²) in [4.78, 5) is 24.6. The minimum atomic E-state index is -0.694. The number of Topliss-reactive ketones (excluding diaryl/α,β-unsaturated/α-hetero) is 1. The van der Waals surface area contributed by atoms with Gasteiger partial charge in [0.15, 0.2) is 23.1 Å². The van der Waals surface area contributed by atoms with Crippen LogP contribution in [0.3, 0.4) is 0 Å². The maximum atomic E-state index is 14.2. The van der Waals surface area contributed by atoms with Gasteiger partial charge >= 0.3 is 0 Å². The van der Waals surface area contributed by atoms with Crippen molar-refractivity contribution in [2.75, 3.05) is 14.2 Å². The van der Waals surface area contributed by atoms with E-state index in [1.807, 2.05) is 0 Å². The lowest BCUT2D eigenvalue weighted by Gasteiger charge is -2.13. The summed E-state index contributed by atoms with van der Waals surface area (Å²) in [6, 6.07) is 8.72. The molecule has 0 aliphatic heterocycles. The molecular weight excluding hydrogens is 311 g/mol. The highest BCUT2D eigenvalue weighted by atomic mass is 19.1. The molecule has 0 saturated heterocycles. The van der Waals surface area contributed by atoms with Crippen LogP contribution in [-0.2, 0) is 0 Å². The average molecular weight is 330 g/mol. The summed E-state index contributed by atoms with van der Waals surface area (Å²) in [6.07, 6.45) is 0. The first-order chi connectivity index (χ1) is 11.4. The number of halogens is 1. The lowest BCUT2D eigenvalue weighted by atomic mass is 9.96. The third kappa shape index (κ3) is 3.30. The molecule has 0 aliphatic carbocycles. The molecule has 0 unspecified atom stereocenters. The number of methoxy groups -OCH3 is 2. The van der Waals surface area contributed by atoms with Crippen molar-refractivity contribution in [3.63, 3.8) is 0 Å². The third-order valence-corrected chi connectivity index (χ3v) is 3.68. The van der Waals surface area contributed by atoms with Gasteiger partial charge in [0, 0.05) is 17.0 Å². The third-order valence-electron chi connectivity index (χ3n) is 3.68. The van der Waals surface area contributed by atoms with Gasteiger partial charge in [0.1, 0.15) is 11.4 Å². The Hall–Kier alpha value is -2.69. The molecule has 0 aromatic heterocycles. The van der Waals surface area contributed by atoms with E-state index in [0.717, 1.165) is 6.07 Å². The van der Waals surface area contributed by atoms with Gasteiger partial charge in [-0.05, 0) is 12.1 Å². The Morgan fingerprint density at radius 2 is 1.50 bits per heavy atom. The summed E-state index contributed by atoms with van der Waals surface area (Å²) >= 11 is 0. The summed E-state index contributed by atoms with van der Waals surface area (Å²) in [5.41, 5.74) is 0.583. The van der Waals surface area contributed by atoms with E-state index in [9.17, 15) is 14.0 Å². The molecule has 0 bridgehead atoms. The minimum Gasteiger partial charge on any atom is -0.493 e. The highest BCUT2D eigenvalue weighted by molar-refractivity contribution is 6.11. The van der Waals surface area contributed by atoms with Crippen molar-refractivity contribution in [2.24, 2.45) is 5.92 Å². The van der Waals surface area contributed by atoms with Gasteiger partial charge in [-0.2, -0.15) is 0 Å². The molecule has 0 atom stereocenters. The van der Waals surface area contributed by atoms with Crippen molar-refractivity contribution in [1.29, 1.82) is 0 Å². The second-order valence-corrected chi connectivity index (χ2v) is 5.58. The zero-order valence-electron chi connectivity index (χ0n) is 14.1. The second kappa shape index (κ2) is 7.25. The maximum Gasteiger partial charge on any atom is 0.199 e.